The van der Waals surface area contributed by atoms with Gasteiger partial charge < -0.3 is 10.1 Å². The number of rotatable bonds is 6. The highest BCUT2D eigenvalue weighted by Crippen LogP contribution is 2.19. The summed E-state index contributed by atoms with van der Waals surface area (Å²) in [4.78, 5) is 0. The molecule has 1 atom stereocenters. The lowest BCUT2D eigenvalue weighted by Crippen LogP contribution is -2.31. The van der Waals surface area contributed by atoms with Gasteiger partial charge in [-0.05, 0) is 43.7 Å². The van der Waals surface area contributed by atoms with Crippen molar-refractivity contribution in [2.75, 3.05) is 20.3 Å². The molecule has 0 aliphatic heterocycles. The summed E-state index contributed by atoms with van der Waals surface area (Å²) in [5, 5.41) is 4.73. The van der Waals surface area contributed by atoms with Crippen LogP contribution < -0.4 is 5.32 Å². The summed E-state index contributed by atoms with van der Waals surface area (Å²) in [5.41, 5.74) is 1.15. The molecule has 0 amide bonds. The minimum atomic E-state index is 0.361. The lowest BCUT2D eigenvalue weighted by Gasteiger charge is -2.12. The van der Waals surface area contributed by atoms with Gasteiger partial charge in [0.1, 0.15) is 0 Å². The van der Waals surface area contributed by atoms with Gasteiger partial charge in [0.15, 0.2) is 0 Å². The average molecular weight is 262 g/mol. The minimum absolute atomic E-state index is 0.361. The van der Waals surface area contributed by atoms with E-state index in [1.165, 1.54) is 0 Å². The van der Waals surface area contributed by atoms with Crippen molar-refractivity contribution in [1.82, 2.24) is 5.32 Å². The molecule has 0 saturated carbocycles. The summed E-state index contributed by atoms with van der Waals surface area (Å²) in [6, 6.07) is 5.99. The first-order valence-electron chi connectivity index (χ1n) is 5.29. The standard InChI is InChI=1S/C12H17Cl2NO/c1-9(8-16-2)15-4-3-10-5-11(13)7-12(14)6-10/h5-7,9,15H,3-4,8H2,1-2H3. The molecule has 90 valence electrons. The lowest BCUT2D eigenvalue weighted by molar-refractivity contribution is 0.172. The Morgan fingerprint density at radius 3 is 2.44 bits per heavy atom. The zero-order valence-corrected chi connectivity index (χ0v) is 11.1. The number of nitrogens with one attached hydrogen (secondary N) is 1. The van der Waals surface area contributed by atoms with Gasteiger partial charge in [-0.1, -0.05) is 23.2 Å². The van der Waals surface area contributed by atoms with Crippen LogP contribution in [-0.4, -0.2) is 26.3 Å². The third-order valence-corrected chi connectivity index (χ3v) is 2.68. The van der Waals surface area contributed by atoms with Crippen LogP contribution in [0.1, 0.15) is 12.5 Å². The van der Waals surface area contributed by atoms with E-state index in [9.17, 15) is 0 Å². The predicted molar refractivity (Wildman–Crippen MR) is 69.5 cm³/mol. The Bertz CT molecular complexity index is 311. The first-order valence-corrected chi connectivity index (χ1v) is 6.04. The van der Waals surface area contributed by atoms with E-state index in [1.807, 2.05) is 12.1 Å². The van der Waals surface area contributed by atoms with E-state index >= 15 is 0 Å². The van der Waals surface area contributed by atoms with E-state index in [4.69, 9.17) is 27.9 Å². The van der Waals surface area contributed by atoms with Crippen LogP contribution >= 0.6 is 23.2 Å². The van der Waals surface area contributed by atoms with Crippen LogP contribution in [0.15, 0.2) is 18.2 Å². The van der Waals surface area contributed by atoms with Gasteiger partial charge in [-0.2, -0.15) is 0 Å². The van der Waals surface area contributed by atoms with E-state index in [0.29, 0.717) is 16.1 Å². The fraction of sp³-hybridized carbons (Fsp3) is 0.500. The monoisotopic (exact) mass is 261 g/mol. The number of ether oxygens (including phenoxy) is 1. The Hall–Kier alpha value is -0.280. The van der Waals surface area contributed by atoms with Crippen molar-refractivity contribution in [3.8, 4) is 0 Å². The molecule has 1 rings (SSSR count). The number of benzene rings is 1. The molecule has 1 aromatic carbocycles. The lowest BCUT2D eigenvalue weighted by atomic mass is 10.1. The summed E-state index contributed by atoms with van der Waals surface area (Å²) in [6.07, 6.45) is 0.911. The van der Waals surface area contributed by atoms with Crippen molar-refractivity contribution in [1.29, 1.82) is 0 Å². The first-order chi connectivity index (χ1) is 7.61. The van der Waals surface area contributed by atoms with E-state index in [0.717, 1.165) is 25.1 Å². The first kappa shape index (κ1) is 13.8. The summed E-state index contributed by atoms with van der Waals surface area (Å²) in [7, 11) is 1.70. The Kier molecular flexibility index (Phi) is 6.14. The minimum Gasteiger partial charge on any atom is -0.383 e. The highest BCUT2D eigenvalue weighted by Gasteiger charge is 2.01. The second kappa shape index (κ2) is 7.13. The third kappa shape index (κ3) is 5.17. The zero-order chi connectivity index (χ0) is 12.0. The largest absolute Gasteiger partial charge is 0.383 e. The maximum atomic E-state index is 5.92. The predicted octanol–water partition coefficient (Wildman–Crippen LogP) is 3.16. The quantitative estimate of drug-likeness (QED) is 0.850. The van der Waals surface area contributed by atoms with Gasteiger partial charge in [-0.3, -0.25) is 0 Å². The van der Waals surface area contributed by atoms with Crippen LogP contribution in [0.4, 0.5) is 0 Å². The molecule has 1 unspecified atom stereocenters. The molecule has 1 aromatic rings. The summed E-state index contributed by atoms with van der Waals surface area (Å²) < 4.78 is 5.04. The van der Waals surface area contributed by atoms with Gasteiger partial charge in [0.25, 0.3) is 0 Å². The van der Waals surface area contributed by atoms with Crippen molar-refractivity contribution >= 4 is 23.2 Å². The highest BCUT2D eigenvalue weighted by atomic mass is 35.5. The molecular formula is C12H17Cl2NO. The van der Waals surface area contributed by atoms with Crippen molar-refractivity contribution in [3.63, 3.8) is 0 Å². The molecule has 0 radical (unpaired) electrons. The normalized spacial score (nSPS) is 12.8. The maximum absolute atomic E-state index is 5.92. The van der Waals surface area contributed by atoms with Gasteiger partial charge in [-0.25, -0.2) is 0 Å². The van der Waals surface area contributed by atoms with Gasteiger partial charge in [0, 0.05) is 23.2 Å². The second-order valence-electron chi connectivity index (χ2n) is 3.84. The van der Waals surface area contributed by atoms with Crippen LogP contribution in [-0.2, 0) is 11.2 Å². The van der Waals surface area contributed by atoms with Gasteiger partial charge in [0.05, 0.1) is 6.61 Å². The number of hydrogen-bond donors (Lipinski definition) is 1. The summed E-state index contributed by atoms with van der Waals surface area (Å²) in [6.45, 7) is 3.70. The fourth-order valence-corrected chi connectivity index (χ4v) is 2.10. The Labute approximate surface area is 107 Å². The van der Waals surface area contributed by atoms with E-state index in [2.05, 4.69) is 12.2 Å². The molecular weight excluding hydrogens is 245 g/mol. The Morgan fingerprint density at radius 1 is 1.25 bits per heavy atom. The van der Waals surface area contributed by atoms with Crippen LogP contribution in [0.25, 0.3) is 0 Å². The number of methoxy groups -OCH3 is 1. The van der Waals surface area contributed by atoms with Crippen LogP contribution in [0.5, 0.6) is 0 Å². The van der Waals surface area contributed by atoms with E-state index in [-0.39, 0.29) is 0 Å². The number of halogens is 2. The highest BCUT2D eigenvalue weighted by molar-refractivity contribution is 6.34. The topological polar surface area (TPSA) is 21.3 Å². The molecule has 0 aromatic heterocycles. The smallest absolute Gasteiger partial charge is 0.0613 e. The Balaban J connectivity index is 2.37. The van der Waals surface area contributed by atoms with E-state index < -0.39 is 0 Å². The third-order valence-electron chi connectivity index (χ3n) is 2.25. The molecule has 0 aliphatic carbocycles. The molecule has 0 heterocycles. The van der Waals surface area contributed by atoms with Crippen molar-refractivity contribution in [3.05, 3.63) is 33.8 Å². The van der Waals surface area contributed by atoms with Gasteiger partial charge in [-0.15, -0.1) is 0 Å². The van der Waals surface area contributed by atoms with Crippen molar-refractivity contribution in [2.45, 2.75) is 19.4 Å². The fourth-order valence-electron chi connectivity index (χ4n) is 1.53. The SMILES string of the molecule is COCC(C)NCCc1cc(Cl)cc(Cl)c1. The van der Waals surface area contributed by atoms with Gasteiger partial charge in [0.2, 0.25) is 0 Å². The molecule has 1 N–H and O–H groups in total. The van der Waals surface area contributed by atoms with Crippen molar-refractivity contribution < 1.29 is 4.74 Å². The molecule has 0 fully saturated rings. The van der Waals surface area contributed by atoms with E-state index in [1.54, 1.807) is 13.2 Å². The molecule has 4 heteroatoms. The molecule has 0 saturated heterocycles. The maximum Gasteiger partial charge on any atom is 0.0613 e. The zero-order valence-electron chi connectivity index (χ0n) is 9.59. The van der Waals surface area contributed by atoms with Crippen LogP contribution in [0.2, 0.25) is 10.0 Å². The summed E-state index contributed by atoms with van der Waals surface area (Å²) >= 11 is 11.8. The molecule has 2 nitrogen and oxygen atoms in total. The van der Waals surface area contributed by atoms with Crippen LogP contribution in [0.3, 0.4) is 0 Å². The molecule has 16 heavy (non-hydrogen) atoms. The number of hydrogen-bond acceptors (Lipinski definition) is 2. The molecule has 0 bridgehead atoms. The second-order valence-corrected chi connectivity index (χ2v) is 4.71. The summed E-state index contributed by atoms with van der Waals surface area (Å²) in [5.74, 6) is 0. The van der Waals surface area contributed by atoms with Gasteiger partial charge >= 0.3 is 0 Å². The Morgan fingerprint density at radius 2 is 1.88 bits per heavy atom. The molecule has 0 spiro atoms. The van der Waals surface area contributed by atoms with Crippen molar-refractivity contribution in [2.24, 2.45) is 0 Å². The van der Waals surface area contributed by atoms with Crippen LogP contribution in [0, 0.1) is 0 Å². The average Bonchev–Trinajstić information content (AvgIpc) is 2.16. The molecule has 0 aliphatic rings.